The molecule has 0 saturated heterocycles. The van der Waals surface area contributed by atoms with Crippen LogP contribution in [0.4, 0.5) is 0 Å². The molecule has 3 heteroatoms. The quantitative estimate of drug-likeness (QED) is 0.780. The number of carboxylic acid groups (broad SMARTS) is 1. The average Bonchev–Trinajstić information content (AvgIpc) is 2.26. The summed E-state index contributed by atoms with van der Waals surface area (Å²) in [6.07, 6.45) is 3.03. The summed E-state index contributed by atoms with van der Waals surface area (Å²) >= 11 is 0. The maximum Gasteiger partial charge on any atom is 0.317 e. The molecule has 0 amide bonds. The molecule has 0 saturated carbocycles. The molecule has 1 aliphatic carbocycles. The van der Waals surface area contributed by atoms with E-state index >= 15 is 0 Å². The lowest BCUT2D eigenvalue weighted by Gasteiger charge is -2.24. The maximum atomic E-state index is 10.4. The van der Waals surface area contributed by atoms with Crippen LogP contribution in [0.5, 0.6) is 0 Å². The standard InChI is InChI=1S/C12H15NO2/c14-12(15)8-13-11-6-5-9-3-1-2-4-10(9)7-11/h1-4,11,13H,5-8H2,(H,14,15). The number of carbonyl (C=O) groups is 1. The number of nitrogens with one attached hydrogen (secondary N) is 1. The summed E-state index contributed by atoms with van der Waals surface area (Å²) in [4.78, 5) is 10.4. The number of rotatable bonds is 3. The average molecular weight is 205 g/mol. The molecule has 80 valence electrons. The zero-order chi connectivity index (χ0) is 10.7. The monoisotopic (exact) mass is 205 g/mol. The molecule has 3 nitrogen and oxygen atoms in total. The lowest BCUT2D eigenvalue weighted by molar-refractivity contribution is -0.136. The topological polar surface area (TPSA) is 49.3 Å². The highest BCUT2D eigenvalue weighted by atomic mass is 16.4. The second-order valence-electron chi connectivity index (χ2n) is 3.98. The van der Waals surface area contributed by atoms with Gasteiger partial charge in [-0.3, -0.25) is 4.79 Å². The fourth-order valence-electron chi connectivity index (χ4n) is 2.10. The van der Waals surface area contributed by atoms with Crippen molar-refractivity contribution in [2.45, 2.75) is 25.3 Å². The van der Waals surface area contributed by atoms with Crippen LogP contribution in [0.1, 0.15) is 17.5 Å². The van der Waals surface area contributed by atoms with Gasteiger partial charge in [0.2, 0.25) is 0 Å². The lowest BCUT2D eigenvalue weighted by atomic mass is 9.88. The molecule has 2 rings (SSSR count). The van der Waals surface area contributed by atoms with Crippen LogP contribution in [-0.2, 0) is 17.6 Å². The van der Waals surface area contributed by atoms with E-state index in [1.165, 1.54) is 11.1 Å². The summed E-state index contributed by atoms with van der Waals surface area (Å²) in [5.74, 6) is -0.783. The number of hydrogen-bond donors (Lipinski definition) is 2. The van der Waals surface area contributed by atoms with Crippen LogP contribution in [-0.4, -0.2) is 23.7 Å². The van der Waals surface area contributed by atoms with Gasteiger partial charge in [-0.05, 0) is 30.4 Å². The first-order chi connectivity index (χ1) is 7.25. The first kappa shape index (κ1) is 10.2. The van der Waals surface area contributed by atoms with Gasteiger partial charge >= 0.3 is 5.97 Å². The van der Waals surface area contributed by atoms with Crippen LogP contribution >= 0.6 is 0 Å². The second-order valence-corrected chi connectivity index (χ2v) is 3.98. The SMILES string of the molecule is O=C(O)CNC1CCc2ccccc2C1. The van der Waals surface area contributed by atoms with Crippen LogP contribution in [0.25, 0.3) is 0 Å². The Kier molecular flexibility index (Phi) is 3.02. The number of aliphatic carboxylic acids is 1. The predicted molar refractivity (Wildman–Crippen MR) is 57.9 cm³/mol. The molecule has 1 aromatic carbocycles. The first-order valence-electron chi connectivity index (χ1n) is 5.27. The van der Waals surface area contributed by atoms with Gasteiger partial charge in [-0.25, -0.2) is 0 Å². The van der Waals surface area contributed by atoms with E-state index in [-0.39, 0.29) is 6.54 Å². The Balaban J connectivity index is 1.96. The number of hydrogen-bond acceptors (Lipinski definition) is 2. The zero-order valence-electron chi connectivity index (χ0n) is 8.57. The highest BCUT2D eigenvalue weighted by Gasteiger charge is 2.17. The minimum atomic E-state index is -0.783. The maximum absolute atomic E-state index is 10.4. The minimum Gasteiger partial charge on any atom is -0.480 e. The van der Waals surface area contributed by atoms with Crippen molar-refractivity contribution >= 4 is 5.97 Å². The zero-order valence-corrected chi connectivity index (χ0v) is 8.57. The molecule has 1 atom stereocenters. The second kappa shape index (κ2) is 4.45. The van der Waals surface area contributed by atoms with Gasteiger partial charge < -0.3 is 10.4 Å². The number of fused-ring (bicyclic) bond motifs is 1. The fraction of sp³-hybridized carbons (Fsp3) is 0.417. The molecule has 0 radical (unpaired) electrons. The van der Waals surface area contributed by atoms with E-state index in [2.05, 4.69) is 23.5 Å². The first-order valence-corrected chi connectivity index (χ1v) is 5.27. The van der Waals surface area contributed by atoms with Crippen molar-refractivity contribution in [2.75, 3.05) is 6.54 Å². The summed E-state index contributed by atoms with van der Waals surface area (Å²) in [6.45, 7) is 0.0623. The number of benzene rings is 1. The van der Waals surface area contributed by atoms with Gasteiger partial charge in [0.25, 0.3) is 0 Å². The molecule has 15 heavy (non-hydrogen) atoms. The largest absolute Gasteiger partial charge is 0.480 e. The van der Waals surface area contributed by atoms with E-state index < -0.39 is 5.97 Å². The van der Waals surface area contributed by atoms with Gasteiger partial charge in [-0.2, -0.15) is 0 Å². The van der Waals surface area contributed by atoms with Gasteiger partial charge in [0, 0.05) is 6.04 Å². The Morgan fingerprint density at radius 2 is 2.13 bits per heavy atom. The highest BCUT2D eigenvalue weighted by Crippen LogP contribution is 2.20. The lowest BCUT2D eigenvalue weighted by Crippen LogP contribution is -2.37. The minimum absolute atomic E-state index is 0.0623. The van der Waals surface area contributed by atoms with Crippen molar-refractivity contribution in [3.8, 4) is 0 Å². The van der Waals surface area contributed by atoms with E-state index in [0.29, 0.717) is 6.04 Å². The van der Waals surface area contributed by atoms with Crippen molar-refractivity contribution in [3.63, 3.8) is 0 Å². The van der Waals surface area contributed by atoms with Crippen LogP contribution in [0, 0.1) is 0 Å². The molecule has 1 aromatic rings. The summed E-state index contributed by atoms with van der Waals surface area (Å²) < 4.78 is 0. The molecular weight excluding hydrogens is 190 g/mol. The van der Waals surface area contributed by atoms with Gasteiger partial charge in [-0.1, -0.05) is 24.3 Å². The van der Waals surface area contributed by atoms with Crippen LogP contribution in [0.15, 0.2) is 24.3 Å². The van der Waals surface area contributed by atoms with Crippen molar-refractivity contribution in [1.82, 2.24) is 5.32 Å². The molecule has 0 heterocycles. The Morgan fingerprint density at radius 1 is 1.40 bits per heavy atom. The van der Waals surface area contributed by atoms with E-state index in [1.807, 2.05) is 6.07 Å². The molecule has 0 aliphatic heterocycles. The molecule has 0 fully saturated rings. The Hall–Kier alpha value is -1.35. The van der Waals surface area contributed by atoms with Gasteiger partial charge in [-0.15, -0.1) is 0 Å². The van der Waals surface area contributed by atoms with E-state index in [0.717, 1.165) is 19.3 Å². The van der Waals surface area contributed by atoms with Crippen molar-refractivity contribution in [1.29, 1.82) is 0 Å². The third-order valence-electron chi connectivity index (χ3n) is 2.89. The van der Waals surface area contributed by atoms with Crippen LogP contribution in [0.2, 0.25) is 0 Å². The normalized spacial score (nSPS) is 19.6. The Labute approximate surface area is 89.1 Å². The molecule has 2 N–H and O–H groups in total. The molecule has 0 bridgehead atoms. The highest BCUT2D eigenvalue weighted by molar-refractivity contribution is 5.69. The number of carboxylic acids is 1. The number of aryl methyl sites for hydroxylation is 1. The summed E-state index contributed by atoms with van der Waals surface area (Å²) in [6, 6.07) is 8.70. The van der Waals surface area contributed by atoms with Gasteiger partial charge in [0.05, 0.1) is 6.54 Å². The molecule has 1 aliphatic rings. The van der Waals surface area contributed by atoms with Crippen molar-refractivity contribution in [3.05, 3.63) is 35.4 Å². The van der Waals surface area contributed by atoms with Crippen molar-refractivity contribution in [2.24, 2.45) is 0 Å². The van der Waals surface area contributed by atoms with E-state index in [1.54, 1.807) is 0 Å². The predicted octanol–water partition coefficient (Wildman–Crippen LogP) is 1.22. The smallest absolute Gasteiger partial charge is 0.317 e. The van der Waals surface area contributed by atoms with E-state index in [4.69, 9.17) is 5.11 Å². The van der Waals surface area contributed by atoms with Crippen LogP contribution < -0.4 is 5.32 Å². The summed E-state index contributed by atoms with van der Waals surface area (Å²) in [5.41, 5.74) is 2.76. The van der Waals surface area contributed by atoms with Crippen molar-refractivity contribution < 1.29 is 9.90 Å². The van der Waals surface area contributed by atoms with Gasteiger partial charge in [0.1, 0.15) is 0 Å². The summed E-state index contributed by atoms with van der Waals surface area (Å²) in [5, 5.41) is 11.6. The molecular formula is C12H15NO2. The fourth-order valence-corrected chi connectivity index (χ4v) is 2.10. The van der Waals surface area contributed by atoms with E-state index in [9.17, 15) is 4.79 Å². The van der Waals surface area contributed by atoms with Crippen LogP contribution in [0.3, 0.4) is 0 Å². The molecule has 0 spiro atoms. The molecule has 1 unspecified atom stereocenters. The third-order valence-corrected chi connectivity index (χ3v) is 2.89. The summed E-state index contributed by atoms with van der Waals surface area (Å²) in [7, 11) is 0. The molecule has 0 aromatic heterocycles. The Morgan fingerprint density at radius 3 is 2.87 bits per heavy atom. The van der Waals surface area contributed by atoms with Gasteiger partial charge in [0.15, 0.2) is 0 Å². The Bertz CT molecular complexity index is 362. The third kappa shape index (κ3) is 2.57.